The van der Waals surface area contributed by atoms with Gasteiger partial charge in [0.2, 0.25) is 0 Å². The summed E-state index contributed by atoms with van der Waals surface area (Å²) in [5.41, 5.74) is 8.59. The van der Waals surface area contributed by atoms with Crippen LogP contribution in [0.2, 0.25) is 0 Å². The largest absolute Gasteiger partial charge is 0.456 e. The van der Waals surface area contributed by atoms with E-state index in [-0.39, 0.29) is 0 Å². The molecule has 2 aromatic heterocycles. The Bertz CT molecular complexity index is 3430. The molecule has 54 heavy (non-hydrogen) atoms. The van der Waals surface area contributed by atoms with E-state index < -0.39 is 0 Å². The topological polar surface area (TPSA) is 38.6 Å². The molecule has 11 rings (SSSR count). The Morgan fingerprint density at radius 2 is 1.11 bits per heavy atom. The Hall–Kier alpha value is -7.23. The number of hydrogen-bond donors (Lipinski definition) is 0. The molecule has 252 valence electrons. The summed E-state index contributed by atoms with van der Waals surface area (Å²) in [6.45, 7) is 8.95. The molecule has 2 heterocycles. The van der Waals surface area contributed by atoms with Crippen molar-refractivity contribution >= 4 is 110 Å². The zero-order chi connectivity index (χ0) is 35.9. The summed E-state index contributed by atoms with van der Waals surface area (Å²) in [5, 5.41) is 13.4. The molecular formula is C51H31NO2. The summed E-state index contributed by atoms with van der Waals surface area (Å²) in [7, 11) is 0. The van der Waals surface area contributed by atoms with Crippen LogP contribution in [0.1, 0.15) is 16.7 Å². The molecule has 0 aliphatic heterocycles. The fourth-order valence-corrected chi connectivity index (χ4v) is 8.49. The van der Waals surface area contributed by atoms with Gasteiger partial charge in [0.25, 0.3) is 0 Å². The van der Waals surface area contributed by atoms with E-state index in [1.54, 1.807) is 0 Å². The molecule has 0 bridgehead atoms. The number of para-hydroxylation sites is 2. The van der Waals surface area contributed by atoms with E-state index in [2.05, 4.69) is 116 Å². The number of fused-ring (bicyclic) bond motifs is 15. The van der Waals surface area contributed by atoms with Gasteiger partial charge in [0.1, 0.15) is 22.3 Å². The van der Waals surface area contributed by atoms with E-state index in [0.29, 0.717) is 0 Å². The number of hydrogen-bond acceptors (Lipinski definition) is 3. The van der Waals surface area contributed by atoms with Crippen molar-refractivity contribution in [3.05, 3.63) is 188 Å². The molecule has 0 spiro atoms. The van der Waals surface area contributed by atoms with Crippen LogP contribution in [0.4, 0.5) is 5.69 Å². The van der Waals surface area contributed by atoms with Crippen LogP contribution in [0.5, 0.6) is 0 Å². The van der Waals surface area contributed by atoms with Crippen LogP contribution in [-0.4, -0.2) is 5.71 Å². The second kappa shape index (κ2) is 11.6. The van der Waals surface area contributed by atoms with Crippen LogP contribution in [0.3, 0.4) is 0 Å². The fourth-order valence-electron chi connectivity index (χ4n) is 8.49. The Morgan fingerprint density at radius 3 is 1.93 bits per heavy atom. The van der Waals surface area contributed by atoms with Crippen LogP contribution >= 0.6 is 0 Å². The van der Waals surface area contributed by atoms with Crippen LogP contribution in [0.15, 0.2) is 185 Å². The van der Waals surface area contributed by atoms with Crippen LogP contribution in [0.25, 0.3) is 98.6 Å². The molecule has 3 nitrogen and oxygen atoms in total. The van der Waals surface area contributed by atoms with E-state index >= 15 is 0 Å². The molecule has 9 aromatic carbocycles. The minimum atomic E-state index is 0.758. The van der Waals surface area contributed by atoms with Crippen molar-refractivity contribution in [1.82, 2.24) is 0 Å². The molecule has 11 aromatic rings. The third kappa shape index (κ3) is 4.39. The Kier molecular flexibility index (Phi) is 6.55. The van der Waals surface area contributed by atoms with Crippen LogP contribution in [0, 0.1) is 0 Å². The summed E-state index contributed by atoms with van der Waals surface area (Å²) in [6, 6.07) is 55.0. The maximum atomic E-state index is 7.08. The lowest BCUT2D eigenvalue weighted by molar-refractivity contribution is 0.669. The number of aliphatic imine (C=N–C) groups is 1. The fraction of sp³-hybridized carbons (Fsp3) is 0. The third-order valence-corrected chi connectivity index (χ3v) is 11.0. The van der Waals surface area contributed by atoms with Gasteiger partial charge in [-0.05, 0) is 79.8 Å². The van der Waals surface area contributed by atoms with Crippen molar-refractivity contribution in [3.8, 4) is 0 Å². The van der Waals surface area contributed by atoms with Gasteiger partial charge in [-0.25, -0.2) is 4.99 Å². The molecule has 0 aliphatic rings. The number of allylic oxidation sites excluding steroid dienone is 1. The standard InChI is InChI=1S/C51H31NO2/c1-3-31-14-6-12-22-42(31)52-50(30(2)33-25-26-44-40(28-33)37-19-11-13-23-43(37)53-44)41-29-34-16-5-8-18-36(34)46-38-20-9-10-21-39(38)48-47-35-17-7-4-15-32(35)24-27-45(47)54-51(48)49(41)46/h3-29H,1-2H2. The average molecular weight is 690 g/mol. The molecule has 0 atom stereocenters. The van der Waals surface area contributed by atoms with Gasteiger partial charge in [-0.1, -0.05) is 141 Å². The Morgan fingerprint density at radius 1 is 0.481 bits per heavy atom. The van der Waals surface area contributed by atoms with Crippen molar-refractivity contribution < 1.29 is 8.83 Å². The van der Waals surface area contributed by atoms with Gasteiger partial charge in [0, 0.05) is 43.5 Å². The quantitative estimate of drug-likeness (QED) is 0.133. The van der Waals surface area contributed by atoms with Gasteiger partial charge in [-0.15, -0.1) is 0 Å². The van der Waals surface area contributed by atoms with Crippen molar-refractivity contribution in [3.63, 3.8) is 0 Å². The Labute approximate surface area is 310 Å². The summed E-state index contributed by atoms with van der Waals surface area (Å²) in [6.07, 6.45) is 1.86. The summed E-state index contributed by atoms with van der Waals surface area (Å²) < 4.78 is 13.3. The van der Waals surface area contributed by atoms with Gasteiger partial charge < -0.3 is 8.83 Å². The monoisotopic (exact) mass is 689 g/mol. The second-order valence-corrected chi connectivity index (χ2v) is 13.9. The van der Waals surface area contributed by atoms with E-state index in [1.165, 1.54) is 10.8 Å². The first-order valence-electron chi connectivity index (χ1n) is 18.2. The first kappa shape index (κ1) is 30.4. The van der Waals surface area contributed by atoms with Crippen molar-refractivity contribution in [2.45, 2.75) is 0 Å². The minimum Gasteiger partial charge on any atom is -0.456 e. The molecule has 0 saturated carbocycles. The maximum absolute atomic E-state index is 7.08. The summed E-state index contributed by atoms with van der Waals surface area (Å²) >= 11 is 0. The summed E-state index contributed by atoms with van der Waals surface area (Å²) in [5.74, 6) is 0. The van der Waals surface area contributed by atoms with E-state index in [0.717, 1.165) is 110 Å². The zero-order valence-corrected chi connectivity index (χ0v) is 29.3. The lowest BCUT2D eigenvalue weighted by atomic mass is 9.86. The first-order chi connectivity index (χ1) is 26.7. The third-order valence-electron chi connectivity index (χ3n) is 11.0. The summed E-state index contributed by atoms with van der Waals surface area (Å²) in [4.78, 5) is 5.53. The van der Waals surface area contributed by atoms with Crippen molar-refractivity contribution in [1.29, 1.82) is 0 Å². The lowest BCUT2D eigenvalue weighted by Gasteiger charge is -2.18. The Balaban J connectivity index is 1.32. The zero-order valence-electron chi connectivity index (χ0n) is 29.3. The molecule has 0 fully saturated rings. The number of furan rings is 2. The molecular weight excluding hydrogens is 659 g/mol. The molecule has 0 aliphatic carbocycles. The average Bonchev–Trinajstić information content (AvgIpc) is 3.81. The highest BCUT2D eigenvalue weighted by atomic mass is 16.3. The number of nitrogens with zero attached hydrogens (tertiary/aromatic N) is 1. The van der Waals surface area contributed by atoms with E-state index in [9.17, 15) is 0 Å². The smallest absolute Gasteiger partial charge is 0.144 e. The minimum absolute atomic E-state index is 0.758. The normalized spacial score (nSPS) is 12.3. The van der Waals surface area contributed by atoms with Gasteiger partial charge in [0.15, 0.2) is 0 Å². The molecule has 0 N–H and O–H groups in total. The lowest BCUT2D eigenvalue weighted by Crippen LogP contribution is -2.06. The van der Waals surface area contributed by atoms with E-state index in [4.69, 9.17) is 20.4 Å². The van der Waals surface area contributed by atoms with Crippen molar-refractivity contribution in [2.75, 3.05) is 0 Å². The molecule has 0 saturated heterocycles. The van der Waals surface area contributed by atoms with Crippen molar-refractivity contribution in [2.24, 2.45) is 4.99 Å². The van der Waals surface area contributed by atoms with E-state index in [1.807, 2.05) is 54.6 Å². The van der Waals surface area contributed by atoms with Gasteiger partial charge in [-0.2, -0.15) is 0 Å². The van der Waals surface area contributed by atoms with Gasteiger partial charge >= 0.3 is 0 Å². The molecule has 0 amide bonds. The van der Waals surface area contributed by atoms with Gasteiger partial charge in [-0.3, -0.25) is 0 Å². The highest BCUT2D eigenvalue weighted by Gasteiger charge is 2.25. The van der Waals surface area contributed by atoms with Crippen LogP contribution < -0.4 is 0 Å². The number of benzene rings is 9. The first-order valence-corrected chi connectivity index (χ1v) is 18.2. The van der Waals surface area contributed by atoms with Crippen LogP contribution in [-0.2, 0) is 0 Å². The predicted molar refractivity (Wildman–Crippen MR) is 229 cm³/mol. The predicted octanol–water partition coefficient (Wildman–Crippen LogP) is 14.6. The SMILES string of the molecule is C=Cc1ccccc1N=C(C(=C)c1ccc2oc3ccccc3c2c1)c1cc2ccccc2c2c3ccccc3c3c(oc4ccc5ccccc5c43)c12. The molecule has 0 unspecified atom stereocenters. The highest BCUT2D eigenvalue weighted by Crippen LogP contribution is 2.47. The van der Waals surface area contributed by atoms with Gasteiger partial charge in [0.05, 0.1) is 11.4 Å². The highest BCUT2D eigenvalue weighted by molar-refractivity contribution is 6.44. The molecule has 3 heteroatoms. The maximum Gasteiger partial charge on any atom is 0.144 e. The number of rotatable bonds is 5. The second-order valence-electron chi connectivity index (χ2n) is 13.9. The molecule has 0 radical (unpaired) electrons.